The fourth-order valence-electron chi connectivity index (χ4n) is 2.88. The summed E-state index contributed by atoms with van der Waals surface area (Å²) in [5, 5.41) is 7.07. The van der Waals surface area contributed by atoms with Crippen LogP contribution >= 0.6 is 0 Å². The second-order valence-corrected chi connectivity index (χ2v) is 6.21. The summed E-state index contributed by atoms with van der Waals surface area (Å²) in [5.74, 6) is 1.30. The van der Waals surface area contributed by atoms with E-state index in [1.165, 1.54) is 0 Å². The largest absolute Gasteiger partial charge is 0.380 e. The van der Waals surface area contributed by atoms with Crippen LogP contribution in [0.3, 0.4) is 0 Å². The molecule has 0 spiro atoms. The summed E-state index contributed by atoms with van der Waals surface area (Å²) >= 11 is 0. The Morgan fingerprint density at radius 3 is 2.96 bits per heavy atom. The Hall–Kier alpha value is -2.41. The Morgan fingerprint density at radius 2 is 2.25 bits per heavy atom. The Kier molecular flexibility index (Phi) is 4.80. The summed E-state index contributed by atoms with van der Waals surface area (Å²) in [6.45, 7) is 1.42. The summed E-state index contributed by atoms with van der Waals surface area (Å²) in [6.07, 6.45) is 2.10. The molecule has 1 N–H and O–H groups in total. The highest BCUT2D eigenvalue weighted by atomic mass is 16.5. The van der Waals surface area contributed by atoms with Crippen molar-refractivity contribution in [1.82, 2.24) is 20.1 Å². The highest BCUT2D eigenvalue weighted by Gasteiger charge is 2.24. The zero-order valence-electron chi connectivity index (χ0n) is 14.3. The number of H-pyrrole nitrogens is 1. The van der Waals surface area contributed by atoms with Gasteiger partial charge in [-0.1, -0.05) is 12.1 Å². The number of carbonyl (C=O) groups excluding carboxylic acids is 1. The number of carbonyl (C=O) groups is 1. The van der Waals surface area contributed by atoms with E-state index in [0.717, 1.165) is 24.9 Å². The quantitative estimate of drug-likeness (QED) is 0.926. The van der Waals surface area contributed by atoms with Crippen molar-refractivity contribution in [2.24, 2.45) is 0 Å². The number of hydrogen-bond acceptors (Lipinski definition) is 5. The number of likely N-dealkylation sites (tertiary alicyclic amines) is 1. The average Bonchev–Trinajstić information content (AvgIpc) is 3.12. The van der Waals surface area contributed by atoms with Crippen LogP contribution in [0.4, 0.5) is 5.95 Å². The molecule has 7 nitrogen and oxygen atoms in total. The van der Waals surface area contributed by atoms with Crippen LogP contribution in [-0.2, 0) is 4.74 Å². The number of piperidine rings is 1. The van der Waals surface area contributed by atoms with Gasteiger partial charge in [0, 0.05) is 45.4 Å². The van der Waals surface area contributed by atoms with Crippen LogP contribution in [0.5, 0.6) is 0 Å². The SMILES string of the molecule is COC1CCCN(C(=O)c2cccc(-c3nc(N(C)C)n[nH]3)c2)C1. The lowest BCUT2D eigenvalue weighted by Gasteiger charge is -2.32. The molecule has 2 aromatic rings. The second kappa shape index (κ2) is 7.00. The van der Waals surface area contributed by atoms with Crippen LogP contribution in [-0.4, -0.2) is 66.4 Å². The molecule has 0 saturated carbocycles. The fourth-order valence-corrected chi connectivity index (χ4v) is 2.88. The summed E-state index contributed by atoms with van der Waals surface area (Å²) < 4.78 is 5.40. The van der Waals surface area contributed by atoms with Gasteiger partial charge in [0.2, 0.25) is 5.95 Å². The number of rotatable bonds is 4. The molecule has 3 rings (SSSR count). The topological polar surface area (TPSA) is 74.3 Å². The van der Waals surface area contributed by atoms with Gasteiger partial charge in [-0.05, 0) is 25.0 Å². The van der Waals surface area contributed by atoms with Crippen molar-refractivity contribution < 1.29 is 9.53 Å². The van der Waals surface area contributed by atoms with Gasteiger partial charge in [-0.3, -0.25) is 9.89 Å². The number of anilines is 1. The Bertz CT molecular complexity index is 713. The van der Waals surface area contributed by atoms with Crippen molar-refractivity contribution in [3.63, 3.8) is 0 Å². The number of hydrogen-bond donors (Lipinski definition) is 1. The molecule has 0 radical (unpaired) electrons. The highest BCUT2D eigenvalue weighted by molar-refractivity contribution is 5.95. The van der Waals surface area contributed by atoms with E-state index in [1.807, 2.05) is 48.2 Å². The number of methoxy groups -OCH3 is 1. The molecule has 0 bridgehead atoms. The third kappa shape index (κ3) is 3.41. The Morgan fingerprint density at radius 1 is 1.42 bits per heavy atom. The number of aromatic amines is 1. The van der Waals surface area contributed by atoms with Crippen LogP contribution in [0.1, 0.15) is 23.2 Å². The first-order valence-electron chi connectivity index (χ1n) is 8.10. The van der Waals surface area contributed by atoms with Crippen molar-refractivity contribution in [2.45, 2.75) is 18.9 Å². The maximum Gasteiger partial charge on any atom is 0.253 e. The maximum absolute atomic E-state index is 12.8. The molecule has 2 heterocycles. The molecule has 24 heavy (non-hydrogen) atoms. The Balaban J connectivity index is 1.80. The van der Waals surface area contributed by atoms with Crippen LogP contribution in [0, 0.1) is 0 Å². The van der Waals surface area contributed by atoms with Gasteiger partial charge in [0.05, 0.1) is 6.10 Å². The third-order valence-corrected chi connectivity index (χ3v) is 4.26. The van der Waals surface area contributed by atoms with Crippen molar-refractivity contribution in [1.29, 1.82) is 0 Å². The first-order valence-corrected chi connectivity index (χ1v) is 8.10. The fraction of sp³-hybridized carbons (Fsp3) is 0.471. The van der Waals surface area contributed by atoms with Gasteiger partial charge in [-0.25, -0.2) is 0 Å². The number of aromatic nitrogens is 3. The average molecular weight is 329 g/mol. The van der Waals surface area contributed by atoms with Crippen LogP contribution in [0.2, 0.25) is 0 Å². The number of benzene rings is 1. The smallest absolute Gasteiger partial charge is 0.253 e. The van der Waals surface area contributed by atoms with Gasteiger partial charge in [0.25, 0.3) is 5.91 Å². The lowest BCUT2D eigenvalue weighted by atomic mass is 10.1. The van der Waals surface area contributed by atoms with Gasteiger partial charge in [-0.2, -0.15) is 4.98 Å². The summed E-state index contributed by atoms with van der Waals surface area (Å²) in [5.41, 5.74) is 1.51. The number of amides is 1. The molecule has 0 aliphatic carbocycles. The van der Waals surface area contributed by atoms with Crippen molar-refractivity contribution >= 4 is 11.9 Å². The third-order valence-electron chi connectivity index (χ3n) is 4.26. The van der Waals surface area contributed by atoms with E-state index in [1.54, 1.807) is 7.11 Å². The molecule has 1 aliphatic heterocycles. The second-order valence-electron chi connectivity index (χ2n) is 6.21. The van der Waals surface area contributed by atoms with E-state index >= 15 is 0 Å². The van der Waals surface area contributed by atoms with Gasteiger partial charge in [0.1, 0.15) is 0 Å². The van der Waals surface area contributed by atoms with Crippen molar-refractivity contribution in [3.05, 3.63) is 29.8 Å². The summed E-state index contributed by atoms with van der Waals surface area (Å²) in [4.78, 5) is 20.9. The molecule has 128 valence electrons. The minimum absolute atomic E-state index is 0.0333. The van der Waals surface area contributed by atoms with Gasteiger partial charge < -0.3 is 14.5 Å². The molecule has 1 amide bonds. The molecule has 1 fully saturated rings. The van der Waals surface area contributed by atoms with E-state index in [9.17, 15) is 4.79 Å². The molecule has 1 aromatic heterocycles. The summed E-state index contributed by atoms with van der Waals surface area (Å²) in [6, 6.07) is 7.49. The maximum atomic E-state index is 12.8. The lowest BCUT2D eigenvalue weighted by molar-refractivity contribution is 0.0269. The molecule has 1 aliphatic rings. The van der Waals surface area contributed by atoms with Crippen LogP contribution < -0.4 is 4.90 Å². The molecule has 1 saturated heterocycles. The minimum atomic E-state index is 0.0333. The molecule has 1 atom stereocenters. The number of ether oxygens (including phenoxy) is 1. The van der Waals surface area contributed by atoms with E-state index in [4.69, 9.17) is 4.74 Å². The van der Waals surface area contributed by atoms with E-state index in [0.29, 0.717) is 23.9 Å². The van der Waals surface area contributed by atoms with Gasteiger partial charge >= 0.3 is 0 Å². The monoisotopic (exact) mass is 329 g/mol. The molecule has 1 aromatic carbocycles. The minimum Gasteiger partial charge on any atom is -0.380 e. The zero-order valence-corrected chi connectivity index (χ0v) is 14.3. The number of nitrogens with one attached hydrogen (secondary N) is 1. The van der Waals surface area contributed by atoms with Crippen LogP contribution in [0.15, 0.2) is 24.3 Å². The highest BCUT2D eigenvalue weighted by Crippen LogP contribution is 2.21. The molecular formula is C17H23N5O2. The summed E-state index contributed by atoms with van der Waals surface area (Å²) in [7, 11) is 5.47. The first kappa shape index (κ1) is 16.4. The van der Waals surface area contributed by atoms with Gasteiger partial charge in [0.15, 0.2) is 5.82 Å². The standard InChI is InChI=1S/C17H23N5O2/c1-21(2)17-18-15(19-20-17)12-6-4-7-13(10-12)16(23)22-9-5-8-14(11-22)24-3/h4,6-7,10,14H,5,8-9,11H2,1-3H3,(H,18,19,20). The van der Waals surface area contributed by atoms with Crippen LogP contribution in [0.25, 0.3) is 11.4 Å². The Labute approximate surface area is 141 Å². The first-order chi connectivity index (χ1) is 11.6. The lowest BCUT2D eigenvalue weighted by Crippen LogP contribution is -2.42. The van der Waals surface area contributed by atoms with E-state index in [2.05, 4.69) is 15.2 Å². The molecule has 1 unspecified atom stereocenters. The van der Waals surface area contributed by atoms with E-state index < -0.39 is 0 Å². The normalized spacial score (nSPS) is 17.8. The van der Waals surface area contributed by atoms with Gasteiger partial charge in [-0.15, -0.1) is 5.10 Å². The van der Waals surface area contributed by atoms with Crippen molar-refractivity contribution in [3.8, 4) is 11.4 Å². The zero-order chi connectivity index (χ0) is 17.1. The molecular weight excluding hydrogens is 306 g/mol. The molecule has 7 heteroatoms. The van der Waals surface area contributed by atoms with Crippen molar-refractivity contribution in [2.75, 3.05) is 39.2 Å². The predicted molar refractivity (Wildman–Crippen MR) is 92.1 cm³/mol. The number of nitrogens with zero attached hydrogens (tertiary/aromatic N) is 4. The van der Waals surface area contributed by atoms with E-state index in [-0.39, 0.29) is 12.0 Å². The predicted octanol–water partition coefficient (Wildman–Crippen LogP) is 1.79.